The molecular weight excluding hydrogens is 286 g/mol. The normalized spacial score (nSPS) is 30.4. The fraction of sp³-hybridized carbons (Fsp3) is 0.875. The minimum absolute atomic E-state index is 0.0258. The molecule has 2 bridgehead atoms. The number of carboxylic acids is 1. The second-order valence-electron chi connectivity index (χ2n) is 7.01. The highest BCUT2D eigenvalue weighted by molar-refractivity contribution is 8.01. The number of hydrogen-bond donors (Lipinski definition) is 2. The topological polar surface area (TPSA) is 66.4 Å². The summed E-state index contributed by atoms with van der Waals surface area (Å²) < 4.78 is 0. The molecule has 1 amide bonds. The molecule has 4 nitrogen and oxygen atoms in total. The number of fused-ring (bicyclic) bond motifs is 2. The molecule has 2 saturated carbocycles. The average molecular weight is 313 g/mol. The number of thioether (sulfide) groups is 1. The van der Waals surface area contributed by atoms with Gasteiger partial charge in [-0.1, -0.05) is 20.3 Å². The van der Waals surface area contributed by atoms with Gasteiger partial charge in [-0.3, -0.25) is 9.59 Å². The predicted octanol–water partition coefficient (Wildman–Crippen LogP) is 2.77. The molecule has 2 N–H and O–H groups in total. The largest absolute Gasteiger partial charge is 0.480 e. The summed E-state index contributed by atoms with van der Waals surface area (Å²) in [5.41, 5.74) is 0. The van der Waals surface area contributed by atoms with Gasteiger partial charge in [0.05, 0.1) is 5.75 Å². The summed E-state index contributed by atoms with van der Waals surface area (Å²) in [7, 11) is 0. The molecule has 2 rings (SSSR count). The fourth-order valence-corrected chi connectivity index (χ4v) is 4.97. The average Bonchev–Trinajstić information content (AvgIpc) is 3.00. The first-order valence-electron chi connectivity index (χ1n) is 8.02. The second kappa shape index (κ2) is 7.03. The highest BCUT2D eigenvalue weighted by atomic mass is 32.2. The Labute approximate surface area is 131 Å². The molecule has 120 valence electrons. The van der Waals surface area contributed by atoms with Gasteiger partial charge in [0, 0.05) is 6.04 Å². The Kier molecular flexibility index (Phi) is 5.58. The van der Waals surface area contributed by atoms with Crippen LogP contribution < -0.4 is 5.32 Å². The molecule has 0 heterocycles. The molecule has 5 heteroatoms. The summed E-state index contributed by atoms with van der Waals surface area (Å²) in [6, 6.07) is 0.218. The zero-order valence-electron chi connectivity index (χ0n) is 13.2. The summed E-state index contributed by atoms with van der Waals surface area (Å²) in [5, 5.41) is 11.7. The van der Waals surface area contributed by atoms with Crippen LogP contribution in [0.3, 0.4) is 0 Å². The molecule has 0 aromatic heterocycles. The third-order valence-corrected chi connectivity index (χ3v) is 6.60. The van der Waals surface area contributed by atoms with Crippen LogP contribution in [0, 0.1) is 23.7 Å². The van der Waals surface area contributed by atoms with Gasteiger partial charge in [0.1, 0.15) is 5.25 Å². The van der Waals surface area contributed by atoms with E-state index in [2.05, 4.69) is 12.2 Å². The molecule has 21 heavy (non-hydrogen) atoms. The number of carbonyl (C=O) groups excluding carboxylic acids is 1. The van der Waals surface area contributed by atoms with E-state index in [1.54, 1.807) is 0 Å². The van der Waals surface area contributed by atoms with Crippen molar-refractivity contribution in [2.75, 3.05) is 5.75 Å². The summed E-state index contributed by atoms with van der Waals surface area (Å²) in [6.45, 7) is 5.86. The predicted molar refractivity (Wildman–Crippen MR) is 85.3 cm³/mol. The second-order valence-corrected chi connectivity index (χ2v) is 8.14. The zero-order chi connectivity index (χ0) is 15.6. The first-order chi connectivity index (χ1) is 9.88. The van der Waals surface area contributed by atoms with E-state index in [0.29, 0.717) is 5.92 Å². The van der Waals surface area contributed by atoms with Crippen LogP contribution in [0.2, 0.25) is 0 Å². The highest BCUT2D eigenvalue weighted by Crippen LogP contribution is 2.49. The monoisotopic (exact) mass is 313 g/mol. The standard InChI is InChI=1S/C16H27NO3S/c1-9(2)15(16(19)20)21-8-14(18)17-10(3)13-7-11-4-5-12(13)6-11/h9-13,15H,4-8H2,1-3H3,(H,17,18)(H,19,20). The van der Waals surface area contributed by atoms with Crippen LogP contribution in [-0.4, -0.2) is 34.0 Å². The lowest BCUT2D eigenvalue weighted by molar-refractivity contribution is -0.137. The van der Waals surface area contributed by atoms with Gasteiger partial charge in [0.25, 0.3) is 0 Å². The van der Waals surface area contributed by atoms with Gasteiger partial charge in [0.2, 0.25) is 5.91 Å². The maximum absolute atomic E-state index is 12.0. The number of carboxylic acid groups (broad SMARTS) is 1. The van der Waals surface area contributed by atoms with E-state index in [-0.39, 0.29) is 23.6 Å². The summed E-state index contributed by atoms with van der Waals surface area (Å²) >= 11 is 1.23. The molecule has 2 aliphatic carbocycles. The number of aliphatic carboxylic acids is 1. The smallest absolute Gasteiger partial charge is 0.316 e. The minimum Gasteiger partial charge on any atom is -0.480 e. The van der Waals surface area contributed by atoms with Gasteiger partial charge < -0.3 is 10.4 Å². The molecule has 0 spiro atoms. The Hall–Kier alpha value is -0.710. The van der Waals surface area contributed by atoms with E-state index >= 15 is 0 Å². The molecule has 0 aromatic rings. The van der Waals surface area contributed by atoms with E-state index in [1.807, 2.05) is 13.8 Å². The first kappa shape index (κ1) is 16.7. The van der Waals surface area contributed by atoms with Crippen molar-refractivity contribution in [2.45, 2.75) is 57.7 Å². The van der Waals surface area contributed by atoms with Gasteiger partial charge in [-0.05, 0) is 49.9 Å². The maximum Gasteiger partial charge on any atom is 0.316 e. The van der Waals surface area contributed by atoms with Crippen LogP contribution in [0.5, 0.6) is 0 Å². The quantitative estimate of drug-likeness (QED) is 0.758. The maximum atomic E-state index is 12.0. The number of nitrogens with one attached hydrogen (secondary N) is 1. The van der Waals surface area contributed by atoms with Gasteiger partial charge in [-0.2, -0.15) is 0 Å². The van der Waals surface area contributed by atoms with E-state index in [9.17, 15) is 9.59 Å². The zero-order valence-corrected chi connectivity index (χ0v) is 14.0. The van der Waals surface area contributed by atoms with Crippen molar-refractivity contribution in [3.8, 4) is 0 Å². The van der Waals surface area contributed by atoms with Crippen LogP contribution in [0.1, 0.15) is 46.5 Å². The first-order valence-corrected chi connectivity index (χ1v) is 9.07. The van der Waals surface area contributed by atoms with E-state index in [1.165, 1.54) is 37.4 Å². The lowest BCUT2D eigenvalue weighted by Crippen LogP contribution is -2.41. The summed E-state index contributed by atoms with van der Waals surface area (Å²) in [6.07, 6.45) is 5.28. The van der Waals surface area contributed by atoms with E-state index in [4.69, 9.17) is 5.11 Å². The third kappa shape index (κ3) is 4.15. The highest BCUT2D eigenvalue weighted by Gasteiger charge is 2.42. The van der Waals surface area contributed by atoms with Crippen molar-refractivity contribution in [2.24, 2.45) is 23.7 Å². The SMILES string of the molecule is CC(C)C(SCC(=O)NC(C)C1CC2CCC1C2)C(=O)O. The molecule has 0 saturated heterocycles. The molecule has 2 aliphatic rings. The summed E-state index contributed by atoms with van der Waals surface area (Å²) in [5.74, 6) is 1.71. The number of hydrogen-bond acceptors (Lipinski definition) is 3. The minimum atomic E-state index is -0.830. The third-order valence-electron chi connectivity index (χ3n) is 5.07. The number of carbonyl (C=O) groups is 2. The Morgan fingerprint density at radius 2 is 1.95 bits per heavy atom. The van der Waals surface area contributed by atoms with Crippen molar-refractivity contribution in [1.29, 1.82) is 0 Å². The van der Waals surface area contributed by atoms with Crippen molar-refractivity contribution < 1.29 is 14.7 Å². The molecular formula is C16H27NO3S. The van der Waals surface area contributed by atoms with Crippen molar-refractivity contribution in [1.82, 2.24) is 5.32 Å². The van der Waals surface area contributed by atoms with Crippen molar-refractivity contribution in [3.05, 3.63) is 0 Å². The van der Waals surface area contributed by atoms with Crippen LogP contribution >= 0.6 is 11.8 Å². The van der Waals surface area contributed by atoms with Crippen LogP contribution in [0.4, 0.5) is 0 Å². The molecule has 0 aromatic carbocycles. The Bertz CT molecular complexity index is 399. The fourth-order valence-electron chi connectivity index (χ4n) is 4.02. The molecule has 5 atom stereocenters. The summed E-state index contributed by atoms with van der Waals surface area (Å²) in [4.78, 5) is 23.2. The van der Waals surface area contributed by atoms with Gasteiger partial charge in [-0.25, -0.2) is 0 Å². The Morgan fingerprint density at radius 1 is 1.24 bits per heavy atom. The van der Waals surface area contributed by atoms with Crippen LogP contribution in [0.25, 0.3) is 0 Å². The number of rotatable bonds is 7. The molecule has 5 unspecified atom stereocenters. The van der Waals surface area contributed by atoms with Gasteiger partial charge in [-0.15, -0.1) is 11.8 Å². The molecule has 0 aliphatic heterocycles. The van der Waals surface area contributed by atoms with E-state index < -0.39 is 11.2 Å². The lowest BCUT2D eigenvalue weighted by atomic mass is 9.84. The van der Waals surface area contributed by atoms with E-state index in [0.717, 1.165) is 11.8 Å². The Balaban J connectivity index is 1.75. The Morgan fingerprint density at radius 3 is 2.43 bits per heavy atom. The van der Waals surface area contributed by atoms with Gasteiger partial charge in [0.15, 0.2) is 0 Å². The van der Waals surface area contributed by atoms with Gasteiger partial charge >= 0.3 is 5.97 Å². The van der Waals surface area contributed by atoms with Crippen molar-refractivity contribution in [3.63, 3.8) is 0 Å². The van der Waals surface area contributed by atoms with Crippen LogP contribution in [0.15, 0.2) is 0 Å². The molecule has 2 fully saturated rings. The van der Waals surface area contributed by atoms with Crippen LogP contribution in [-0.2, 0) is 9.59 Å². The molecule has 0 radical (unpaired) electrons. The number of amides is 1. The van der Waals surface area contributed by atoms with Crippen molar-refractivity contribution >= 4 is 23.6 Å². The lowest BCUT2D eigenvalue weighted by Gasteiger charge is -2.28.